The first-order valence-electron chi connectivity index (χ1n) is 4.71. The summed E-state index contributed by atoms with van der Waals surface area (Å²) in [5.74, 6) is 0.579. The Hall–Kier alpha value is -0.240. The van der Waals surface area contributed by atoms with E-state index in [1.165, 1.54) is 0 Å². The molecule has 0 bridgehead atoms. The molecule has 0 radical (unpaired) electrons. The van der Waals surface area contributed by atoms with Gasteiger partial charge < -0.3 is 4.74 Å². The summed E-state index contributed by atoms with van der Waals surface area (Å²) in [5.41, 5.74) is 1.02. The van der Waals surface area contributed by atoms with Crippen molar-refractivity contribution in [1.82, 2.24) is 0 Å². The molecular weight excluding hydrogens is 219 g/mol. The van der Waals surface area contributed by atoms with E-state index in [1.807, 2.05) is 31.2 Å². The van der Waals surface area contributed by atoms with Crippen LogP contribution in [0.5, 0.6) is 0 Å². The Morgan fingerprint density at radius 3 is 2.64 bits per heavy atom. The fourth-order valence-electron chi connectivity index (χ4n) is 1.37. The predicted octanol–water partition coefficient (Wildman–Crippen LogP) is 4.05. The van der Waals surface area contributed by atoms with E-state index in [-0.39, 0.29) is 6.10 Å². The lowest BCUT2D eigenvalue weighted by molar-refractivity contribution is 0.0605. The summed E-state index contributed by atoms with van der Waals surface area (Å²) in [5, 5.41) is 0.746. The van der Waals surface area contributed by atoms with Gasteiger partial charge in [0.25, 0.3) is 0 Å². The van der Waals surface area contributed by atoms with Gasteiger partial charge in [0.1, 0.15) is 0 Å². The van der Waals surface area contributed by atoms with E-state index in [9.17, 15) is 0 Å². The molecule has 14 heavy (non-hydrogen) atoms. The van der Waals surface area contributed by atoms with Gasteiger partial charge >= 0.3 is 0 Å². The van der Waals surface area contributed by atoms with Gasteiger partial charge in [0.05, 0.1) is 6.10 Å². The molecule has 0 fully saturated rings. The van der Waals surface area contributed by atoms with Crippen LogP contribution in [0.25, 0.3) is 0 Å². The van der Waals surface area contributed by atoms with Crippen LogP contribution in [0.15, 0.2) is 24.3 Å². The van der Waals surface area contributed by atoms with Crippen molar-refractivity contribution < 1.29 is 4.74 Å². The van der Waals surface area contributed by atoms with E-state index in [0.717, 1.165) is 17.0 Å². The smallest absolute Gasteiger partial charge is 0.0850 e. The highest BCUT2D eigenvalue weighted by Crippen LogP contribution is 2.28. The van der Waals surface area contributed by atoms with Crippen LogP contribution in [0.2, 0.25) is 5.02 Å². The third-order valence-electron chi connectivity index (χ3n) is 1.99. The number of hydrogen-bond donors (Lipinski definition) is 0. The van der Waals surface area contributed by atoms with Gasteiger partial charge in [0.2, 0.25) is 0 Å². The van der Waals surface area contributed by atoms with Crippen LogP contribution in [0.3, 0.4) is 0 Å². The molecule has 1 aromatic rings. The lowest BCUT2D eigenvalue weighted by atomic mass is 10.1. The molecular formula is C11H14Cl2O. The minimum absolute atomic E-state index is 0.0196. The molecule has 0 heterocycles. The third kappa shape index (κ3) is 3.16. The maximum Gasteiger partial charge on any atom is 0.0850 e. The molecule has 0 aliphatic rings. The highest BCUT2D eigenvalue weighted by atomic mass is 35.5. The van der Waals surface area contributed by atoms with Gasteiger partial charge in [-0.2, -0.15) is 0 Å². The van der Waals surface area contributed by atoms with Crippen LogP contribution in [0.1, 0.15) is 25.0 Å². The Morgan fingerprint density at radius 1 is 1.36 bits per heavy atom. The average molecular weight is 233 g/mol. The van der Waals surface area contributed by atoms with Gasteiger partial charge in [0.15, 0.2) is 0 Å². The van der Waals surface area contributed by atoms with E-state index in [1.54, 1.807) is 0 Å². The second kappa shape index (κ2) is 6.28. The SMILES string of the molecule is CCOC(CCCl)c1ccccc1Cl. The molecule has 3 heteroatoms. The van der Waals surface area contributed by atoms with Crippen molar-refractivity contribution in [2.24, 2.45) is 0 Å². The molecule has 1 aromatic carbocycles. The molecule has 78 valence electrons. The van der Waals surface area contributed by atoms with E-state index in [4.69, 9.17) is 27.9 Å². The Balaban J connectivity index is 2.81. The third-order valence-corrected chi connectivity index (χ3v) is 2.55. The van der Waals surface area contributed by atoms with Crippen molar-refractivity contribution in [1.29, 1.82) is 0 Å². The summed E-state index contributed by atoms with van der Waals surface area (Å²) < 4.78 is 5.58. The quantitative estimate of drug-likeness (QED) is 0.697. The summed E-state index contributed by atoms with van der Waals surface area (Å²) in [6, 6.07) is 7.73. The van der Waals surface area contributed by atoms with E-state index < -0.39 is 0 Å². The summed E-state index contributed by atoms with van der Waals surface area (Å²) in [7, 11) is 0. The van der Waals surface area contributed by atoms with Crippen LogP contribution < -0.4 is 0 Å². The first-order valence-corrected chi connectivity index (χ1v) is 5.62. The van der Waals surface area contributed by atoms with Crippen LogP contribution in [-0.2, 0) is 4.74 Å². The van der Waals surface area contributed by atoms with Gasteiger partial charge in [-0.25, -0.2) is 0 Å². The minimum Gasteiger partial charge on any atom is -0.374 e. The summed E-state index contributed by atoms with van der Waals surface area (Å²) in [6.07, 6.45) is 0.810. The molecule has 1 rings (SSSR count). The van der Waals surface area contributed by atoms with Crippen molar-refractivity contribution in [2.45, 2.75) is 19.4 Å². The Labute approximate surface area is 95.0 Å². The number of ether oxygens (including phenoxy) is 1. The van der Waals surface area contributed by atoms with Gasteiger partial charge in [-0.3, -0.25) is 0 Å². The molecule has 0 aliphatic heterocycles. The number of halogens is 2. The normalized spacial score (nSPS) is 12.8. The fourth-order valence-corrected chi connectivity index (χ4v) is 1.82. The molecule has 0 spiro atoms. The van der Waals surface area contributed by atoms with Gasteiger partial charge in [0, 0.05) is 17.5 Å². The zero-order chi connectivity index (χ0) is 10.4. The summed E-state index contributed by atoms with van der Waals surface area (Å²) >= 11 is 11.8. The zero-order valence-electron chi connectivity index (χ0n) is 8.17. The average Bonchev–Trinajstić information content (AvgIpc) is 2.18. The Bertz CT molecular complexity index is 270. The van der Waals surface area contributed by atoms with E-state index in [0.29, 0.717) is 12.5 Å². The van der Waals surface area contributed by atoms with Gasteiger partial charge in [-0.15, -0.1) is 11.6 Å². The molecule has 1 nitrogen and oxygen atoms in total. The van der Waals surface area contributed by atoms with Crippen molar-refractivity contribution >= 4 is 23.2 Å². The second-order valence-corrected chi connectivity index (χ2v) is 3.73. The largest absolute Gasteiger partial charge is 0.374 e. The molecule has 1 unspecified atom stereocenters. The Morgan fingerprint density at radius 2 is 2.07 bits per heavy atom. The molecule has 0 N–H and O–H groups in total. The van der Waals surface area contributed by atoms with Gasteiger partial charge in [-0.05, 0) is 25.0 Å². The molecule has 0 saturated carbocycles. The molecule has 1 atom stereocenters. The van der Waals surface area contributed by atoms with E-state index >= 15 is 0 Å². The monoisotopic (exact) mass is 232 g/mol. The van der Waals surface area contributed by atoms with Crippen molar-refractivity contribution in [3.8, 4) is 0 Å². The standard InChI is InChI=1S/C11H14Cl2O/c1-2-14-11(7-8-12)9-5-3-4-6-10(9)13/h3-6,11H,2,7-8H2,1H3. The van der Waals surface area contributed by atoms with E-state index in [2.05, 4.69) is 0 Å². The number of benzene rings is 1. The maximum absolute atomic E-state index is 6.07. The van der Waals surface area contributed by atoms with Crippen LogP contribution in [0.4, 0.5) is 0 Å². The fraction of sp³-hybridized carbons (Fsp3) is 0.455. The first kappa shape index (κ1) is 11.8. The lowest BCUT2D eigenvalue weighted by Crippen LogP contribution is -2.05. The van der Waals surface area contributed by atoms with Crippen LogP contribution in [0, 0.1) is 0 Å². The molecule has 0 amide bonds. The minimum atomic E-state index is 0.0196. The predicted molar refractivity (Wildman–Crippen MR) is 61.2 cm³/mol. The number of alkyl halides is 1. The maximum atomic E-state index is 6.07. The highest BCUT2D eigenvalue weighted by molar-refractivity contribution is 6.31. The van der Waals surface area contributed by atoms with Crippen molar-refractivity contribution in [2.75, 3.05) is 12.5 Å². The van der Waals surface area contributed by atoms with Crippen LogP contribution >= 0.6 is 23.2 Å². The zero-order valence-corrected chi connectivity index (χ0v) is 9.68. The first-order chi connectivity index (χ1) is 6.79. The Kier molecular flexibility index (Phi) is 5.31. The highest BCUT2D eigenvalue weighted by Gasteiger charge is 2.13. The van der Waals surface area contributed by atoms with Crippen molar-refractivity contribution in [3.63, 3.8) is 0 Å². The van der Waals surface area contributed by atoms with Crippen LogP contribution in [-0.4, -0.2) is 12.5 Å². The molecule has 0 aromatic heterocycles. The second-order valence-electron chi connectivity index (χ2n) is 2.94. The van der Waals surface area contributed by atoms with Gasteiger partial charge in [-0.1, -0.05) is 29.8 Å². The lowest BCUT2D eigenvalue weighted by Gasteiger charge is -2.17. The molecule has 0 aliphatic carbocycles. The number of hydrogen-bond acceptors (Lipinski definition) is 1. The van der Waals surface area contributed by atoms with Crippen molar-refractivity contribution in [3.05, 3.63) is 34.9 Å². The molecule has 0 saturated heterocycles. The topological polar surface area (TPSA) is 9.23 Å². The summed E-state index contributed by atoms with van der Waals surface area (Å²) in [6.45, 7) is 2.64. The summed E-state index contributed by atoms with van der Waals surface area (Å²) in [4.78, 5) is 0. The number of rotatable bonds is 5.